The van der Waals surface area contributed by atoms with Gasteiger partial charge in [0.2, 0.25) is 0 Å². The van der Waals surface area contributed by atoms with Gasteiger partial charge >= 0.3 is 0 Å². The predicted octanol–water partition coefficient (Wildman–Crippen LogP) is 2.72. The Morgan fingerprint density at radius 3 is 2.37 bits per heavy atom. The summed E-state index contributed by atoms with van der Waals surface area (Å²) in [7, 11) is 1.85. The Morgan fingerprint density at radius 1 is 0.933 bits per heavy atom. The zero-order chi connectivity index (χ0) is 21.5. The summed E-state index contributed by atoms with van der Waals surface area (Å²) in [6.45, 7) is 4.44. The molecule has 2 aromatic carbocycles. The summed E-state index contributed by atoms with van der Waals surface area (Å²) in [5, 5.41) is 8.09. The van der Waals surface area contributed by atoms with Crippen molar-refractivity contribution in [2.75, 3.05) is 25.5 Å². The molecule has 0 spiro atoms. The van der Waals surface area contributed by atoms with Crippen LogP contribution in [0, 0.1) is 13.8 Å². The van der Waals surface area contributed by atoms with Crippen molar-refractivity contribution in [3.8, 4) is 0 Å². The molecule has 3 rings (SSSR count). The number of anilines is 1. The van der Waals surface area contributed by atoms with E-state index in [-0.39, 0.29) is 30.9 Å². The third kappa shape index (κ3) is 5.78. The Hall–Kier alpha value is -2.96. The molecule has 0 radical (unpaired) electrons. The highest BCUT2D eigenvalue weighted by atomic mass is 32.1. The summed E-state index contributed by atoms with van der Waals surface area (Å²) in [6, 6.07) is 19.6. The number of benzene rings is 2. The van der Waals surface area contributed by atoms with E-state index >= 15 is 0 Å². The van der Waals surface area contributed by atoms with Gasteiger partial charge in [-0.1, -0.05) is 48.5 Å². The number of amides is 2. The Balaban J connectivity index is 1.58. The molecule has 0 aliphatic carbocycles. The smallest absolute Gasteiger partial charge is 0.279 e. The minimum absolute atomic E-state index is 0.0886. The molecule has 2 atom stereocenters. The second-order valence-electron chi connectivity index (χ2n) is 7.53. The van der Waals surface area contributed by atoms with Crippen molar-refractivity contribution >= 4 is 28.8 Å². The molecule has 6 heteroatoms. The van der Waals surface area contributed by atoms with Crippen molar-refractivity contribution in [2.24, 2.45) is 0 Å². The standard InChI is InChI=1S/C24H27N3O2S/c1-17-9-7-12-20(18(17)2)25-22(28)15-27(3)16-23(29)26-24(21-13-8-14-30-21)19-10-5-4-6-11-19/h4-14,24H,15-16H2,1-3H3,(H,25,28)(H,26,29)/p+1/t24-/m1/s1. The number of aryl methyl sites for hydroxylation is 1. The molecule has 156 valence electrons. The monoisotopic (exact) mass is 422 g/mol. The van der Waals surface area contributed by atoms with Crippen LogP contribution >= 0.6 is 11.3 Å². The van der Waals surface area contributed by atoms with Gasteiger partial charge in [0.25, 0.3) is 11.8 Å². The highest BCUT2D eigenvalue weighted by Gasteiger charge is 2.21. The first kappa shape index (κ1) is 21.7. The number of quaternary nitrogens is 1. The van der Waals surface area contributed by atoms with Gasteiger partial charge in [0.15, 0.2) is 13.1 Å². The van der Waals surface area contributed by atoms with E-state index in [1.165, 1.54) is 0 Å². The highest BCUT2D eigenvalue weighted by molar-refractivity contribution is 7.10. The van der Waals surface area contributed by atoms with Crippen molar-refractivity contribution in [1.29, 1.82) is 0 Å². The normalized spacial score (nSPS) is 12.8. The van der Waals surface area contributed by atoms with E-state index in [0.717, 1.165) is 32.2 Å². The number of likely N-dealkylation sites (N-methyl/N-ethyl adjacent to an activating group) is 1. The molecule has 0 saturated heterocycles. The molecule has 0 aliphatic heterocycles. The predicted molar refractivity (Wildman–Crippen MR) is 122 cm³/mol. The molecular weight excluding hydrogens is 394 g/mol. The molecule has 3 aromatic rings. The van der Waals surface area contributed by atoms with E-state index in [4.69, 9.17) is 0 Å². The third-order valence-corrected chi connectivity index (χ3v) is 6.01. The maximum atomic E-state index is 12.7. The van der Waals surface area contributed by atoms with E-state index in [2.05, 4.69) is 10.6 Å². The summed E-state index contributed by atoms with van der Waals surface area (Å²) in [5.41, 5.74) is 4.05. The van der Waals surface area contributed by atoms with Gasteiger partial charge in [-0.25, -0.2) is 0 Å². The summed E-state index contributed by atoms with van der Waals surface area (Å²) < 4.78 is 0. The quantitative estimate of drug-likeness (QED) is 0.523. The van der Waals surface area contributed by atoms with Crippen LogP contribution in [0.2, 0.25) is 0 Å². The van der Waals surface area contributed by atoms with E-state index < -0.39 is 0 Å². The molecular formula is C24H28N3O2S+. The van der Waals surface area contributed by atoms with Crippen LogP contribution in [0.25, 0.3) is 0 Å². The van der Waals surface area contributed by atoms with Crippen LogP contribution < -0.4 is 15.5 Å². The van der Waals surface area contributed by atoms with Gasteiger partial charge in [0.05, 0.1) is 13.1 Å². The summed E-state index contributed by atoms with van der Waals surface area (Å²) >= 11 is 1.62. The van der Waals surface area contributed by atoms with Gasteiger partial charge in [-0.05, 0) is 48.1 Å². The molecule has 0 saturated carbocycles. The van der Waals surface area contributed by atoms with Crippen LogP contribution in [0.4, 0.5) is 5.69 Å². The summed E-state index contributed by atoms with van der Waals surface area (Å²) in [5.74, 6) is -0.193. The SMILES string of the molecule is Cc1cccc(NC(=O)C[NH+](C)CC(=O)N[C@H](c2ccccc2)c2cccs2)c1C. The van der Waals surface area contributed by atoms with E-state index in [9.17, 15) is 9.59 Å². The van der Waals surface area contributed by atoms with Crippen molar-refractivity contribution in [3.05, 3.63) is 87.6 Å². The molecule has 2 amide bonds. The lowest BCUT2D eigenvalue weighted by Crippen LogP contribution is -3.11. The van der Waals surface area contributed by atoms with Crippen LogP contribution in [0.15, 0.2) is 66.0 Å². The van der Waals surface area contributed by atoms with Gasteiger partial charge in [-0.2, -0.15) is 0 Å². The first-order valence-electron chi connectivity index (χ1n) is 9.99. The van der Waals surface area contributed by atoms with Crippen LogP contribution in [0.1, 0.15) is 27.6 Å². The lowest BCUT2D eigenvalue weighted by Gasteiger charge is -2.20. The third-order valence-electron chi connectivity index (χ3n) is 5.07. The zero-order valence-electron chi connectivity index (χ0n) is 17.6. The molecule has 1 heterocycles. The minimum atomic E-state index is -0.185. The average Bonchev–Trinajstić information content (AvgIpc) is 3.24. The molecule has 0 bridgehead atoms. The Kier molecular flexibility index (Phi) is 7.38. The van der Waals surface area contributed by atoms with E-state index in [0.29, 0.717) is 0 Å². The van der Waals surface area contributed by atoms with Crippen LogP contribution in [0.3, 0.4) is 0 Å². The summed E-state index contributed by atoms with van der Waals surface area (Å²) in [4.78, 5) is 27.1. The minimum Gasteiger partial charge on any atom is -0.339 e. The molecule has 1 unspecified atom stereocenters. The van der Waals surface area contributed by atoms with Gasteiger partial charge in [0.1, 0.15) is 0 Å². The van der Waals surface area contributed by atoms with Gasteiger partial charge < -0.3 is 15.5 Å². The maximum absolute atomic E-state index is 12.7. The highest BCUT2D eigenvalue weighted by Crippen LogP contribution is 2.25. The Labute approximate surface area is 181 Å². The zero-order valence-corrected chi connectivity index (χ0v) is 18.4. The molecule has 5 nitrogen and oxygen atoms in total. The Morgan fingerprint density at radius 2 is 1.67 bits per heavy atom. The molecule has 3 N–H and O–H groups in total. The van der Waals surface area contributed by atoms with Gasteiger partial charge in [0, 0.05) is 10.6 Å². The first-order valence-corrected chi connectivity index (χ1v) is 10.9. The topological polar surface area (TPSA) is 62.6 Å². The van der Waals surface area contributed by atoms with Crippen molar-refractivity contribution in [2.45, 2.75) is 19.9 Å². The van der Waals surface area contributed by atoms with Gasteiger partial charge in [-0.15, -0.1) is 11.3 Å². The van der Waals surface area contributed by atoms with Crippen LogP contribution in [-0.4, -0.2) is 32.0 Å². The fourth-order valence-electron chi connectivity index (χ4n) is 3.32. The maximum Gasteiger partial charge on any atom is 0.279 e. The number of hydrogen-bond donors (Lipinski definition) is 3. The number of rotatable bonds is 8. The molecule has 0 fully saturated rings. The van der Waals surface area contributed by atoms with Crippen LogP contribution in [0.5, 0.6) is 0 Å². The average molecular weight is 423 g/mol. The second-order valence-corrected chi connectivity index (χ2v) is 8.51. The van der Waals surface area contributed by atoms with Crippen molar-refractivity contribution in [3.63, 3.8) is 0 Å². The van der Waals surface area contributed by atoms with Gasteiger partial charge in [-0.3, -0.25) is 9.59 Å². The number of thiophene rings is 1. The van der Waals surface area contributed by atoms with E-state index in [1.807, 2.05) is 86.9 Å². The number of nitrogens with one attached hydrogen (secondary N) is 3. The number of carbonyl (C=O) groups is 2. The molecule has 1 aromatic heterocycles. The lowest BCUT2D eigenvalue weighted by atomic mass is 10.1. The fourth-order valence-corrected chi connectivity index (χ4v) is 4.13. The molecule has 0 aliphatic rings. The largest absolute Gasteiger partial charge is 0.339 e. The lowest BCUT2D eigenvalue weighted by molar-refractivity contribution is -0.862. The van der Waals surface area contributed by atoms with E-state index in [1.54, 1.807) is 11.3 Å². The summed E-state index contributed by atoms with van der Waals surface area (Å²) in [6.07, 6.45) is 0. The Bertz CT molecular complexity index is 987. The number of hydrogen-bond acceptors (Lipinski definition) is 3. The number of carbonyl (C=O) groups excluding carboxylic acids is 2. The molecule has 30 heavy (non-hydrogen) atoms. The van der Waals surface area contributed by atoms with Crippen LogP contribution in [-0.2, 0) is 9.59 Å². The van der Waals surface area contributed by atoms with Crippen molar-refractivity contribution < 1.29 is 14.5 Å². The fraction of sp³-hybridized carbons (Fsp3) is 0.250. The van der Waals surface area contributed by atoms with Crippen molar-refractivity contribution in [1.82, 2.24) is 5.32 Å². The second kappa shape index (κ2) is 10.2. The first-order chi connectivity index (χ1) is 14.4.